The predicted octanol–water partition coefficient (Wildman–Crippen LogP) is 4.59. The van der Waals surface area contributed by atoms with E-state index in [0.717, 1.165) is 42.4 Å². The third-order valence-corrected chi connectivity index (χ3v) is 6.35. The van der Waals surface area contributed by atoms with Crippen LogP contribution in [0.3, 0.4) is 0 Å². The van der Waals surface area contributed by atoms with Crippen molar-refractivity contribution >= 4 is 39.6 Å². The van der Waals surface area contributed by atoms with E-state index in [-0.39, 0.29) is 11.8 Å². The number of benzene rings is 2. The van der Waals surface area contributed by atoms with Crippen LogP contribution in [-0.4, -0.2) is 42.6 Å². The molecule has 1 aromatic heterocycles. The molecule has 1 unspecified atom stereocenters. The molecule has 2 amide bonds. The average molecular weight is 445 g/mol. The number of carbonyl (C=O) groups excluding carboxylic acids is 2. The lowest BCUT2D eigenvalue weighted by Crippen LogP contribution is -2.29. The molecule has 5 rings (SSSR count). The molecule has 2 aromatic carbocycles. The van der Waals surface area contributed by atoms with E-state index < -0.39 is 6.10 Å². The second-order valence-electron chi connectivity index (χ2n) is 8.63. The van der Waals surface area contributed by atoms with Gasteiger partial charge in [0.2, 0.25) is 0 Å². The molecule has 0 saturated carbocycles. The lowest BCUT2D eigenvalue weighted by atomic mass is 10.0. The monoisotopic (exact) mass is 444 g/mol. The van der Waals surface area contributed by atoms with Gasteiger partial charge in [0.25, 0.3) is 11.8 Å². The SMILES string of the molecule is O=C(Nc1ccc(N2CCCCC2)c2ccncc12)c1cccc(NC(=O)C2CCCO2)c1. The fourth-order valence-electron chi connectivity index (χ4n) is 4.63. The van der Waals surface area contributed by atoms with Crippen LogP contribution in [0.2, 0.25) is 0 Å². The van der Waals surface area contributed by atoms with E-state index in [9.17, 15) is 9.59 Å². The van der Waals surface area contributed by atoms with Gasteiger partial charge in [0.05, 0.1) is 5.69 Å². The number of nitrogens with zero attached hydrogens (tertiary/aromatic N) is 2. The first-order valence-corrected chi connectivity index (χ1v) is 11.6. The van der Waals surface area contributed by atoms with Gasteiger partial charge in [0.15, 0.2) is 0 Å². The Morgan fingerprint density at radius 1 is 0.970 bits per heavy atom. The minimum absolute atomic E-state index is 0.171. The van der Waals surface area contributed by atoms with Crippen molar-refractivity contribution in [1.29, 1.82) is 0 Å². The highest BCUT2D eigenvalue weighted by atomic mass is 16.5. The zero-order chi connectivity index (χ0) is 22.6. The quantitative estimate of drug-likeness (QED) is 0.601. The van der Waals surface area contributed by atoms with Crippen LogP contribution in [0, 0.1) is 0 Å². The van der Waals surface area contributed by atoms with Crippen molar-refractivity contribution in [2.45, 2.75) is 38.2 Å². The third-order valence-electron chi connectivity index (χ3n) is 6.35. The third kappa shape index (κ3) is 4.68. The highest BCUT2D eigenvalue weighted by molar-refractivity contribution is 6.11. The minimum Gasteiger partial charge on any atom is -0.371 e. The summed E-state index contributed by atoms with van der Waals surface area (Å²) in [6.07, 6.45) is 8.46. The molecule has 7 nitrogen and oxygen atoms in total. The second-order valence-corrected chi connectivity index (χ2v) is 8.63. The van der Waals surface area contributed by atoms with E-state index in [2.05, 4.69) is 26.6 Å². The second kappa shape index (κ2) is 9.58. The molecule has 0 bridgehead atoms. The van der Waals surface area contributed by atoms with Gasteiger partial charge in [-0.15, -0.1) is 0 Å². The zero-order valence-electron chi connectivity index (χ0n) is 18.5. The number of amides is 2. The first-order valence-electron chi connectivity index (χ1n) is 11.6. The maximum atomic E-state index is 13.1. The number of hydrogen-bond acceptors (Lipinski definition) is 5. The van der Waals surface area contributed by atoms with Crippen molar-refractivity contribution in [1.82, 2.24) is 4.98 Å². The fourth-order valence-corrected chi connectivity index (χ4v) is 4.63. The molecule has 170 valence electrons. The topological polar surface area (TPSA) is 83.6 Å². The van der Waals surface area contributed by atoms with Crippen molar-refractivity contribution in [3.63, 3.8) is 0 Å². The van der Waals surface area contributed by atoms with E-state index in [0.29, 0.717) is 17.9 Å². The molecule has 2 aliphatic heterocycles. The highest BCUT2D eigenvalue weighted by Crippen LogP contribution is 2.33. The molecule has 2 saturated heterocycles. The van der Waals surface area contributed by atoms with Gasteiger partial charge in [-0.1, -0.05) is 6.07 Å². The number of hydrogen-bond donors (Lipinski definition) is 2. The normalized spacial score (nSPS) is 18.3. The maximum Gasteiger partial charge on any atom is 0.255 e. The summed E-state index contributed by atoms with van der Waals surface area (Å²) < 4.78 is 5.44. The molecule has 3 heterocycles. The standard InChI is InChI=1S/C26H28N4O3/c31-25(18-6-4-7-19(16-18)28-26(32)24-8-5-15-33-24)29-22-9-10-23(30-13-2-1-3-14-30)20-11-12-27-17-21(20)22/h4,6-7,9-12,16-17,24H,1-3,5,8,13-15H2,(H,28,32)(H,29,31). The molecule has 2 aliphatic rings. The Kier molecular flexibility index (Phi) is 6.21. The number of pyridine rings is 1. The van der Waals surface area contributed by atoms with Crippen LogP contribution in [0.15, 0.2) is 54.9 Å². The summed E-state index contributed by atoms with van der Waals surface area (Å²) in [7, 11) is 0. The summed E-state index contributed by atoms with van der Waals surface area (Å²) >= 11 is 0. The molecule has 0 radical (unpaired) electrons. The van der Waals surface area contributed by atoms with Crippen LogP contribution in [-0.2, 0) is 9.53 Å². The molecule has 2 fully saturated rings. The van der Waals surface area contributed by atoms with Gasteiger partial charge >= 0.3 is 0 Å². The largest absolute Gasteiger partial charge is 0.371 e. The summed E-state index contributed by atoms with van der Waals surface area (Å²) in [5, 5.41) is 7.89. The van der Waals surface area contributed by atoms with E-state index in [4.69, 9.17) is 4.74 Å². The zero-order valence-corrected chi connectivity index (χ0v) is 18.5. The van der Waals surface area contributed by atoms with Gasteiger partial charge in [0, 0.05) is 59.8 Å². The molecular weight excluding hydrogens is 416 g/mol. The number of anilines is 3. The summed E-state index contributed by atoms with van der Waals surface area (Å²) in [5.74, 6) is -0.408. The number of nitrogens with one attached hydrogen (secondary N) is 2. The van der Waals surface area contributed by atoms with Crippen molar-refractivity contribution < 1.29 is 14.3 Å². The van der Waals surface area contributed by atoms with Crippen molar-refractivity contribution in [3.8, 4) is 0 Å². The number of piperidine rings is 1. The molecule has 1 atom stereocenters. The van der Waals surface area contributed by atoms with Crippen LogP contribution >= 0.6 is 0 Å². The molecule has 0 spiro atoms. The molecule has 3 aromatic rings. The van der Waals surface area contributed by atoms with E-state index in [1.807, 2.05) is 12.1 Å². The van der Waals surface area contributed by atoms with Gasteiger partial charge in [-0.25, -0.2) is 0 Å². The molecule has 7 heteroatoms. The van der Waals surface area contributed by atoms with Crippen molar-refractivity contribution in [3.05, 3.63) is 60.4 Å². The maximum absolute atomic E-state index is 13.1. The smallest absolute Gasteiger partial charge is 0.255 e. The summed E-state index contributed by atoms with van der Waals surface area (Å²) in [6.45, 7) is 2.71. The van der Waals surface area contributed by atoms with Crippen molar-refractivity contribution in [2.24, 2.45) is 0 Å². The van der Waals surface area contributed by atoms with E-state index in [1.165, 1.54) is 24.9 Å². The summed E-state index contributed by atoms with van der Waals surface area (Å²) in [5.41, 5.74) is 2.95. The van der Waals surface area contributed by atoms with Crippen molar-refractivity contribution in [2.75, 3.05) is 35.2 Å². The first-order chi connectivity index (χ1) is 16.2. The van der Waals surface area contributed by atoms with E-state index in [1.54, 1.807) is 36.7 Å². The first kappa shape index (κ1) is 21.4. The van der Waals surface area contributed by atoms with Crippen LogP contribution in [0.25, 0.3) is 10.8 Å². The van der Waals surface area contributed by atoms with Gasteiger partial charge < -0.3 is 20.3 Å². The Morgan fingerprint density at radius 3 is 2.67 bits per heavy atom. The number of ether oxygens (including phenoxy) is 1. The number of aromatic nitrogens is 1. The van der Waals surface area contributed by atoms with Gasteiger partial charge in [-0.05, 0) is 68.5 Å². The van der Waals surface area contributed by atoms with Crippen LogP contribution < -0.4 is 15.5 Å². The van der Waals surface area contributed by atoms with Crippen LogP contribution in [0.4, 0.5) is 17.1 Å². The van der Waals surface area contributed by atoms with Gasteiger partial charge in [0.1, 0.15) is 6.10 Å². The molecular formula is C26H28N4O3. The summed E-state index contributed by atoms with van der Waals surface area (Å²) in [6, 6.07) is 13.0. The Morgan fingerprint density at radius 2 is 1.85 bits per heavy atom. The molecule has 0 aliphatic carbocycles. The lowest BCUT2D eigenvalue weighted by Gasteiger charge is -2.30. The van der Waals surface area contributed by atoms with Crippen LogP contribution in [0.5, 0.6) is 0 Å². The Bertz CT molecular complexity index is 1170. The predicted molar refractivity (Wildman–Crippen MR) is 130 cm³/mol. The minimum atomic E-state index is -0.417. The summed E-state index contributed by atoms with van der Waals surface area (Å²) in [4.78, 5) is 32.1. The lowest BCUT2D eigenvalue weighted by molar-refractivity contribution is -0.124. The molecule has 2 N–H and O–H groups in total. The average Bonchev–Trinajstić information content (AvgIpc) is 3.40. The van der Waals surface area contributed by atoms with Gasteiger partial charge in [-0.3, -0.25) is 14.6 Å². The Hall–Kier alpha value is -3.45. The Balaban J connectivity index is 1.35. The van der Waals surface area contributed by atoms with Crippen LogP contribution in [0.1, 0.15) is 42.5 Å². The molecule has 33 heavy (non-hydrogen) atoms. The fraction of sp³-hybridized carbons (Fsp3) is 0.346. The highest BCUT2D eigenvalue weighted by Gasteiger charge is 2.23. The van der Waals surface area contributed by atoms with E-state index >= 15 is 0 Å². The number of rotatable bonds is 5. The van der Waals surface area contributed by atoms with Gasteiger partial charge in [-0.2, -0.15) is 0 Å². The number of fused-ring (bicyclic) bond motifs is 1. The Labute approximate surface area is 193 Å². The number of carbonyl (C=O) groups is 2.